The summed E-state index contributed by atoms with van der Waals surface area (Å²) in [7, 11) is 1.90. The van der Waals surface area contributed by atoms with Crippen molar-refractivity contribution in [2.24, 2.45) is 0 Å². The van der Waals surface area contributed by atoms with E-state index in [0.717, 1.165) is 28.1 Å². The second-order valence-corrected chi connectivity index (χ2v) is 9.47. The fourth-order valence-electron chi connectivity index (χ4n) is 4.40. The van der Waals surface area contributed by atoms with Crippen molar-refractivity contribution in [1.29, 1.82) is 0 Å². The Kier molecular flexibility index (Phi) is 7.85. The van der Waals surface area contributed by atoms with Gasteiger partial charge in [-0.05, 0) is 42.3 Å². The monoisotopic (exact) mass is 551 g/mol. The van der Waals surface area contributed by atoms with E-state index in [4.69, 9.17) is 23.2 Å². The first-order chi connectivity index (χ1) is 18.1. The number of amides is 1. The summed E-state index contributed by atoms with van der Waals surface area (Å²) in [5, 5.41) is 23.8. The highest BCUT2D eigenvalue weighted by atomic mass is 35.5. The predicted octanol–water partition coefficient (Wildman–Crippen LogP) is 6.22. The van der Waals surface area contributed by atoms with Crippen molar-refractivity contribution in [3.05, 3.63) is 115 Å². The number of fused-ring (bicyclic) bond motifs is 1. The van der Waals surface area contributed by atoms with Gasteiger partial charge in [0, 0.05) is 48.1 Å². The molecule has 4 rings (SSSR count). The number of nitrogens with one attached hydrogen (secondary N) is 1. The SMILES string of the molecule is C/C=C1/C(c2ccc(C[C@H](NC(=O)c3c(Cl)cccc3Cl)C(=O)O)cc2)=Cc2cc([N+](=O)[O-])ccc2N1C. The Morgan fingerprint density at radius 1 is 1.11 bits per heavy atom. The summed E-state index contributed by atoms with van der Waals surface area (Å²) in [6.45, 7) is 1.91. The molecule has 1 aliphatic rings. The van der Waals surface area contributed by atoms with E-state index in [-0.39, 0.29) is 27.7 Å². The molecule has 0 saturated heterocycles. The molecule has 0 radical (unpaired) electrons. The first-order valence-electron chi connectivity index (χ1n) is 11.6. The number of allylic oxidation sites excluding steroid dienone is 2. The second kappa shape index (κ2) is 11.1. The normalized spacial score (nSPS) is 14.5. The molecule has 0 aliphatic carbocycles. The lowest BCUT2D eigenvalue weighted by atomic mass is 9.92. The lowest BCUT2D eigenvalue weighted by Crippen LogP contribution is -2.42. The van der Waals surface area contributed by atoms with Crippen LogP contribution in [0.2, 0.25) is 10.0 Å². The van der Waals surface area contributed by atoms with Crippen molar-refractivity contribution in [3.63, 3.8) is 0 Å². The molecule has 0 saturated carbocycles. The van der Waals surface area contributed by atoms with Gasteiger partial charge in [0.05, 0.1) is 20.5 Å². The van der Waals surface area contributed by atoms with Gasteiger partial charge in [0.2, 0.25) is 0 Å². The highest BCUT2D eigenvalue weighted by Crippen LogP contribution is 2.40. The number of rotatable bonds is 7. The van der Waals surface area contributed by atoms with Gasteiger partial charge in [-0.1, -0.05) is 59.6 Å². The lowest BCUT2D eigenvalue weighted by molar-refractivity contribution is -0.384. The number of nitro benzene ring substituents is 1. The van der Waals surface area contributed by atoms with E-state index in [2.05, 4.69) is 5.32 Å². The second-order valence-electron chi connectivity index (χ2n) is 8.65. The third kappa shape index (κ3) is 5.41. The van der Waals surface area contributed by atoms with Gasteiger partial charge in [-0.25, -0.2) is 4.79 Å². The Labute approximate surface area is 228 Å². The molecule has 1 atom stereocenters. The zero-order valence-corrected chi connectivity index (χ0v) is 22.0. The van der Waals surface area contributed by atoms with Crippen LogP contribution in [0.15, 0.2) is 72.4 Å². The van der Waals surface area contributed by atoms with Crippen LogP contribution in [-0.2, 0) is 11.2 Å². The Morgan fingerprint density at radius 3 is 2.34 bits per heavy atom. The molecule has 10 heteroatoms. The van der Waals surface area contributed by atoms with Gasteiger partial charge in [0.1, 0.15) is 6.04 Å². The molecule has 1 amide bonds. The molecule has 194 valence electrons. The van der Waals surface area contributed by atoms with E-state index >= 15 is 0 Å². The number of carbonyl (C=O) groups is 2. The Bertz CT molecular complexity index is 1480. The number of carboxylic acid groups (broad SMARTS) is 1. The third-order valence-corrected chi connectivity index (χ3v) is 6.92. The van der Waals surface area contributed by atoms with E-state index in [1.165, 1.54) is 24.3 Å². The number of anilines is 1. The van der Waals surface area contributed by atoms with Crippen LogP contribution < -0.4 is 10.2 Å². The maximum absolute atomic E-state index is 12.7. The van der Waals surface area contributed by atoms with E-state index in [9.17, 15) is 24.8 Å². The van der Waals surface area contributed by atoms with E-state index in [1.807, 2.05) is 43.2 Å². The summed E-state index contributed by atoms with van der Waals surface area (Å²) in [4.78, 5) is 37.4. The minimum atomic E-state index is -1.21. The Hall–Kier alpha value is -4.14. The number of halogens is 2. The average molecular weight is 552 g/mol. The predicted molar refractivity (Wildman–Crippen MR) is 149 cm³/mol. The quantitative estimate of drug-likeness (QED) is 0.266. The fourth-order valence-corrected chi connectivity index (χ4v) is 4.97. The number of nitrogens with zero attached hydrogens (tertiary/aromatic N) is 2. The Balaban J connectivity index is 1.59. The maximum atomic E-state index is 12.7. The fraction of sp³-hybridized carbons (Fsp3) is 0.143. The average Bonchev–Trinajstić information content (AvgIpc) is 2.88. The van der Waals surface area contributed by atoms with Gasteiger partial charge in [0.15, 0.2) is 0 Å². The summed E-state index contributed by atoms with van der Waals surface area (Å²) in [5.41, 5.74) is 4.93. The zero-order chi connectivity index (χ0) is 27.6. The zero-order valence-electron chi connectivity index (χ0n) is 20.4. The molecule has 3 aromatic carbocycles. The number of hydrogen-bond acceptors (Lipinski definition) is 5. The standard InChI is InChI=1S/C28H23Cl2N3O5/c1-3-24-20(15-18-14-19(33(37)38)11-12-25(18)32(24)2)17-9-7-16(8-10-17)13-23(28(35)36)31-27(34)26-21(29)5-4-6-22(26)30/h3-12,14-15,23H,13H2,1-2H3,(H,31,34)(H,35,36)/b24-3-/t23-/m0/s1. The topological polar surface area (TPSA) is 113 Å². The molecule has 0 aromatic heterocycles. The summed E-state index contributed by atoms with van der Waals surface area (Å²) in [6, 6.07) is 15.4. The van der Waals surface area contributed by atoms with E-state index in [1.54, 1.807) is 24.3 Å². The van der Waals surface area contributed by atoms with Crippen molar-refractivity contribution in [2.45, 2.75) is 19.4 Å². The van der Waals surface area contributed by atoms with Gasteiger partial charge in [-0.3, -0.25) is 14.9 Å². The molecule has 3 aromatic rings. The smallest absolute Gasteiger partial charge is 0.326 e. The van der Waals surface area contributed by atoms with Crippen molar-refractivity contribution in [3.8, 4) is 0 Å². The number of hydrogen-bond donors (Lipinski definition) is 2. The maximum Gasteiger partial charge on any atom is 0.326 e. The van der Waals surface area contributed by atoms with Crippen LogP contribution >= 0.6 is 23.2 Å². The highest BCUT2D eigenvalue weighted by molar-refractivity contribution is 6.39. The number of carboxylic acids is 1. The number of nitro groups is 1. The first-order valence-corrected chi connectivity index (χ1v) is 12.3. The van der Waals surface area contributed by atoms with Crippen molar-refractivity contribution in [2.75, 3.05) is 11.9 Å². The summed E-state index contributed by atoms with van der Waals surface area (Å²) in [5.74, 6) is -1.87. The minimum Gasteiger partial charge on any atom is -0.480 e. The van der Waals surface area contributed by atoms with Crippen molar-refractivity contribution < 1.29 is 19.6 Å². The molecular formula is C28H23Cl2N3O5. The van der Waals surface area contributed by atoms with Gasteiger partial charge < -0.3 is 15.3 Å². The van der Waals surface area contributed by atoms with E-state index in [0.29, 0.717) is 5.56 Å². The minimum absolute atomic E-state index is 0.00635. The first kappa shape index (κ1) is 26.9. The van der Waals surface area contributed by atoms with Crippen LogP contribution in [0.3, 0.4) is 0 Å². The number of carbonyl (C=O) groups excluding carboxylic acids is 1. The number of aliphatic carboxylic acids is 1. The third-order valence-electron chi connectivity index (χ3n) is 6.29. The largest absolute Gasteiger partial charge is 0.480 e. The molecule has 0 fully saturated rings. The Morgan fingerprint density at radius 2 is 1.76 bits per heavy atom. The van der Waals surface area contributed by atoms with Crippen LogP contribution in [0, 0.1) is 10.1 Å². The van der Waals surface area contributed by atoms with Crippen LogP contribution in [0.25, 0.3) is 11.6 Å². The van der Waals surface area contributed by atoms with Crippen molar-refractivity contribution >= 4 is 58.1 Å². The number of non-ortho nitro benzene ring substituents is 1. The molecule has 0 bridgehead atoms. The van der Waals surface area contributed by atoms with Gasteiger partial charge >= 0.3 is 5.97 Å². The molecule has 8 nitrogen and oxygen atoms in total. The number of likely N-dealkylation sites (N-methyl/N-ethyl adjacent to an activating group) is 1. The summed E-state index contributed by atoms with van der Waals surface area (Å²) >= 11 is 12.2. The molecule has 1 aliphatic heterocycles. The molecule has 1 heterocycles. The van der Waals surface area contributed by atoms with Gasteiger partial charge in [-0.2, -0.15) is 0 Å². The molecule has 0 spiro atoms. The lowest BCUT2D eigenvalue weighted by Gasteiger charge is -2.31. The number of benzene rings is 3. The van der Waals surface area contributed by atoms with Crippen LogP contribution in [0.5, 0.6) is 0 Å². The molecular weight excluding hydrogens is 529 g/mol. The van der Waals surface area contributed by atoms with E-state index < -0.39 is 22.8 Å². The van der Waals surface area contributed by atoms with Gasteiger partial charge in [-0.15, -0.1) is 0 Å². The van der Waals surface area contributed by atoms with Gasteiger partial charge in [0.25, 0.3) is 11.6 Å². The summed E-state index contributed by atoms with van der Waals surface area (Å²) < 4.78 is 0. The molecule has 2 N–H and O–H groups in total. The van der Waals surface area contributed by atoms with Crippen LogP contribution in [-0.4, -0.2) is 35.0 Å². The molecule has 0 unspecified atom stereocenters. The van der Waals surface area contributed by atoms with Crippen molar-refractivity contribution in [1.82, 2.24) is 5.32 Å². The highest BCUT2D eigenvalue weighted by Gasteiger charge is 2.25. The summed E-state index contributed by atoms with van der Waals surface area (Å²) in [6.07, 6.45) is 3.90. The molecule has 38 heavy (non-hydrogen) atoms. The van der Waals surface area contributed by atoms with Crippen LogP contribution in [0.1, 0.15) is 34.0 Å². The van der Waals surface area contributed by atoms with Crippen LogP contribution in [0.4, 0.5) is 11.4 Å².